The zero-order valence-electron chi connectivity index (χ0n) is 11.6. The second-order valence-corrected chi connectivity index (χ2v) is 5.44. The number of nitrogens with one attached hydrogen (secondary N) is 2. The van der Waals surface area contributed by atoms with E-state index in [1.54, 1.807) is 0 Å². The fraction of sp³-hybridized carbons (Fsp3) is 0.846. The molecule has 1 fully saturated rings. The molecule has 1 saturated carbocycles. The number of urea groups is 1. The Morgan fingerprint density at radius 3 is 2.47 bits per heavy atom. The number of aliphatic carboxylic acids is 1. The topological polar surface area (TPSA) is 98.7 Å². The van der Waals surface area contributed by atoms with E-state index in [1.165, 1.54) is 6.92 Å². The maximum Gasteiger partial charge on any atom is 0.329 e. The Kier molecular flexibility index (Phi) is 5.60. The molecular weight excluding hydrogens is 248 g/mol. The smallest absolute Gasteiger partial charge is 0.329 e. The minimum Gasteiger partial charge on any atom is -0.480 e. The van der Waals surface area contributed by atoms with Gasteiger partial charge in [-0.15, -0.1) is 0 Å². The molecule has 1 aliphatic rings. The summed E-state index contributed by atoms with van der Waals surface area (Å²) in [7, 11) is 0. The van der Waals surface area contributed by atoms with Gasteiger partial charge in [0.25, 0.3) is 0 Å². The van der Waals surface area contributed by atoms with Crippen molar-refractivity contribution in [1.82, 2.24) is 10.6 Å². The number of aliphatic hydroxyl groups excluding tert-OH is 1. The van der Waals surface area contributed by atoms with Crippen LogP contribution in [0.15, 0.2) is 0 Å². The molecule has 0 radical (unpaired) electrons. The van der Waals surface area contributed by atoms with Crippen molar-refractivity contribution in [3.63, 3.8) is 0 Å². The molecule has 2 amide bonds. The summed E-state index contributed by atoms with van der Waals surface area (Å²) in [6.45, 7) is 3.36. The zero-order chi connectivity index (χ0) is 14.5. The number of carbonyl (C=O) groups excluding carboxylic acids is 1. The normalized spacial score (nSPS) is 26.3. The molecule has 0 aromatic carbocycles. The lowest BCUT2D eigenvalue weighted by atomic mass is 9.92. The molecule has 0 spiro atoms. The van der Waals surface area contributed by atoms with Crippen molar-refractivity contribution in [2.45, 2.75) is 70.1 Å². The van der Waals surface area contributed by atoms with Crippen LogP contribution in [0.4, 0.5) is 4.79 Å². The van der Waals surface area contributed by atoms with E-state index in [2.05, 4.69) is 10.6 Å². The van der Waals surface area contributed by atoms with Gasteiger partial charge in [-0.05, 0) is 26.2 Å². The maximum absolute atomic E-state index is 11.9. The summed E-state index contributed by atoms with van der Waals surface area (Å²) < 4.78 is 0. The lowest BCUT2D eigenvalue weighted by Crippen LogP contribution is -2.58. The molecule has 0 bridgehead atoms. The molecule has 19 heavy (non-hydrogen) atoms. The van der Waals surface area contributed by atoms with E-state index in [-0.39, 0.29) is 6.04 Å². The van der Waals surface area contributed by atoms with Crippen molar-refractivity contribution in [1.29, 1.82) is 0 Å². The predicted octanol–water partition coefficient (Wildman–Crippen LogP) is 1.23. The van der Waals surface area contributed by atoms with E-state index in [1.807, 2.05) is 6.92 Å². The largest absolute Gasteiger partial charge is 0.480 e. The van der Waals surface area contributed by atoms with E-state index in [4.69, 9.17) is 0 Å². The Balaban J connectivity index is 2.55. The quantitative estimate of drug-likeness (QED) is 0.605. The first kappa shape index (κ1) is 15.8. The molecule has 0 aromatic heterocycles. The SMILES string of the molecule is CCCC(C)(NC(=O)NC1CCCCC1O)C(=O)O. The Bertz CT molecular complexity index is 335. The number of aliphatic hydroxyl groups is 1. The molecular formula is C13H24N2O4. The first-order valence-corrected chi connectivity index (χ1v) is 6.89. The fourth-order valence-electron chi connectivity index (χ4n) is 2.46. The number of carboxylic acids is 1. The van der Waals surface area contributed by atoms with Gasteiger partial charge in [0.1, 0.15) is 5.54 Å². The molecule has 1 rings (SSSR count). The molecule has 0 aromatic rings. The fourth-order valence-corrected chi connectivity index (χ4v) is 2.46. The lowest BCUT2D eigenvalue weighted by Gasteiger charge is -2.31. The second kappa shape index (κ2) is 6.75. The van der Waals surface area contributed by atoms with Crippen LogP contribution in [0.2, 0.25) is 0 Å². The highest BCUT2D eigenvalue weighted by molar-refractivity contribution is 5.85. The van der Waals surface area contributed by atoms with Crippen molar-refractivity contribution in [3.8, 4) is 0 Å². The number of carbonyl (C=O) groups is 2. The molecule has 0 saturated heterocycles. The minimum absolute atomic E-state index is 0.284. The summed E-state index contributed by atoms with van der Waals surface area (Å²) in [5.74, 6) is -1.05. The van der Waals surface area contributed by atoms with E-state index in [0.717, 1.165) is 19.3 Å². The van der Waals surface area contributed by atoms with Crippen LogP contribution in [0.25, 0.3) is 0 Å². The Morgan fingerprint density at radius 2 is 1.95 bits per heavy atom. The van der Waals surface area contributed by atoms with Crippen molar-refractivity contribution in [3.05, 3.63) is 0 Å². The third kappa shape index (κ3) is 4.38. The summed E-state index contributed by atoms with van der Waals surface area (Å²) in [6, 6.07) is -0.808. The van der Waals surface area contributed by atoms with Gasteiger partial charge in [0, 0.05) is 0 Å². The van der Waals surface area contributed by atoms with Gasteiger partial charge < -0.3 is 20.8 Å². The summed E-state index contributed by atoms with van der Waals surface area (Å²) in [6.07, 6.45) is 3.82. The Hall–Kier alpha value is -1.30. The van der Waals surface area contributed by atoms with Crippen LogP contribution in [0.1, 0.15) is 52.4 Å². The van der Waals surface area contributed by atoms with Crippen molar-refractivity contribution in [2.75, 3.05) is 0 Å². The van der Waals surface area contributed by atoms with Gasteiger partial charge in [-0.25, -0.2) is 9.59 Å². The Morgan fingerprint density at radius 1 is 1.32 bits per heavy atom. The molecule has 6 heteroatoms. The number of amides is 2. The minimum atomic E-state index is -1.27. The molecule has 4 N–H and O–H groups in total. The van der Waals surface area contributed by atoms with E-state index in [0.29, 0.717) is 19.3 Å². The molecule has 110 valence electrons. The van der Waals surface area contributed by atoms with Crippen LogP contribution in [-0.4, -0.2) is 39.9 Å². The van der Waals surface area contributed by atoms with Crippen LogP contribution in [0.3, 0.4) is 0 Å². The van der Waals surface area contributed by atoms with Gasteiger partial charge in [0.15, 0.2) is 0 Å². The predicted molar refractivity (Wildman–Crippen MR) is 70.9 cm³/mol. The molecule has 6 nitrogen and oxygen atoms in total. The molecule has 0 aliphatic heterocycles. The van der Waals surface area contributed by atoms with Crippen molar-refractivity contribution < 1.29 is 19.8 Å². The van der Waals surface area contributed by atoms with E-state index >= 15 is 0 Å². The third-order valence-electron chi connectivity index (χ3n) is 3.66. The average molecular weight is 272 g/mol. The lowest BCUT2D eigenvalue weighted by molar-refractivity contribution is -0.144. The zero-order valence-corrected chi connectivity index (χ0v) is 11.6. The van der Waals surface area contributed by atoms with Gasteiger partial charge in [-0.2, -0.15) is 0 Å². The maximum atomic E-state index is 11.9. The summed E-state index contributed by atoms with van der Waals surface area (Å²) >= 11 is 0. The number of carboxylic acid groups (broad SMARTS) is 1. The van der Waals surface area contributed by atoms with Gasteiger partial charge >= 0.3 is 12.0 Å². The standard InChI is InChI=1S/C13H24N2O4/c1-3-8-13(2,11(17)18)15-12(19)14-9-6-4-5-7-10(9)16/h9-10,16H,3-8H2,1-2H3,(H,17,18)(H2,14,15,19). The van der Waals surface area contributed by atoms with E-state index < -0.39 is 23.6 Å². The Labute approximate surface area is 113 Å². The van der Waals surface area contributed by atoms with Gasteiger partial charge in [0.05, 0.1) is 12.1 Å². The number of hydrogen-bond donors (Lipinski definition) is 4. The second-order valence-electron chi connectivity index (χ2n) is 5.44. The van der Waals surface area contributed by atoms with Crippen LogP contribution >= 0.6 is 0 Å². The van der Waals surface area contributed by atoms with Crippen LogP contribution in [0, 0.1) is 0 Å². The van der Waals surface area contributed by atoms with E-state index in [9.17, 15) is 19.8 Å². The molecule has 3 unspecified atom stereocenters. The molecule has 0 heterocycles. The van der Waals surface area contributed by atoms with Gasteiger partial charge in [-0.3, -0.25) is 0 Å². The van der Waals surface area contributed by atoms with Gasteiger partial charge in [-0.1, -0.05) is 26.2 Å². The highest BCUT2D eigenvalue weighted by atomic mass is 16.4. The monoisotopic (exact) mass is 272 g/mol. The first-order valence-electron chi connectivity index (χ1n) is 6.89. The summed E-state index contributed by atoms with van der Waals surface area (Å²) in [4.78, 5) is 23.1. The van der Waals surface area contributed by atoms with Crippen LogP contribution < -0.4 is 10.6 Å². The van der Waals surface area contributed by atoms with Crippen molar-refractivity contribution >= 4 is 12.0 Å². The first-order chi connectivity index (χ1) is 8.89. The highest BCUT2D eigenvalue weighted by Gasteiger charge is 2.35. The summed E-state index contributed by atoms with van der Waals surface area (Å²) in [5.41, 5.74) is -1.27. The van der Waals surface area contributed by atoms with Crippen LogP contribution in [-0.2, 0) is 4.79 Å². The average Bonchev–Trinajstić information content (AvgIpc) is 2.32. The highest BCUT2D eigenvalue weighted by Crippen LogP contribution is 2.18. The van der Waals surface area contributed by atoms with Gasteiger partial charge in [0.2, 0.25) is 0 Å². The molecule has 1 aliphatic carbocycles. The number of hydrogen-bond acceptors (Lipinski definition) is 3. The van der Waals surface area contributed by atoms with Crippen LogP contribution in [0.5, 0.6) is 0 Å². The third-order valence-corrected chi connectivity index (χ3v) is 3.66. The summed E-state index contributed by atoms with van der Waals surface area (Å²) in [5, 5.41) is 24.1. The van der Waals surface area contributed by atoms with Crippen molar-refractivity contribution in [2.24, 2.45) is 0 Å². The number of rotatable bonds is 5. The molecule has 3 atom stereocenters.